The second-order valence-corrected chi connectivity index (χ2v) is 4.72. The molecule has 0 aliphatic heterocycles. The Morgan fingerprint density at radius 1 is 1.25 bits per heavy atom. The van der Waals surface area contributed by atoms with Crippen LogP contribution in [0.15, 0.2) is 24.5 Å². The van der Waals surface area contributed by atoms with Gasteiger partial charge >= 0.3 is 5.97 Å². The summed E-state index contributed by atoms with van der Waals surface area (Å²) in [5.41, 5.74) is 0.306. The lowest BCUT2D eigenvalue weighted by Gasteiger charge is -2.00. The Labute approximate surface area is 119 Å². The molecule has 1 aromatic heterocycles. The van der Waals surface area contributed by atoms with Gasteiger partial charge < -0.3 is 4.74 Å². The van der Waals surface area contributed by atoms with Crippen LogP contribution in [0.1, 0.15) is 44.5 Å². The lowest BCUT2D eigenvalue weighted by molar-refractivity contribution is -0.153. The van der Waals surface area contributed by atoms with Crippen molar-refractivity contribution >= 4 is 17.5 Å². The average molecular weight is 279 g/mol. The molecule has 0 N–H and O–H groups in total. The molecular formula is C15H21NO4. The third-order valence-corrected chi connectivity index (χ3v) is 1.81. The highest BCUT2D eigenvalue weighted by molar-refractivity contribution is 6.38. The third-order valence-electron chi connectivity index (χ3n) is 1.81. The Morgan fingerprint density at radius 2 is 1.85 bits per heavy atom. The standard InChI is InChI=1S/C11H11NO4.C4H10/c1-2-16-11(15)10(14)6-9(13)8-4-3-5-12-7-8;1-4(2)3/h3-5,7H,2,6H2,1H3;4H,1-3H3. The van der Waals surface area contributed by atoms with E-state index in [0.29, 0.717) is 5.56 Å². The van der Waals surface area contributed by atoms with E-state index in [1.807, 2.05) is 0 Å². The van der Waals surface area contributed by atoms with E-state index in [1.54, 1.807) is 13.0 Å². The van der Waals surface area contributed by atoms with E-state index in [1.165, 1.54) is 18.5 Å². The van der Waals surface area contributed by atoms with E-state index >= 15 is 0 Å². The molecule has 0 aliphatic carbocycles. The lowest BCUT2D eigenvalue weighted by Crippen LogP contribution is -2.20. The van der Waals surface area contributed by atoms with Crippen molar-refractivity contribution in [3.63, 3.8) is 0 Å². The number of hydrogen-bond donors (Lipinski definition) is 0. The number of ether oxygens (including phenoxy) is 1. The van der Waals surface area contributed by atoms with Gasteiger partial charge in [-0.1, -0.05) is 20.8 Å². The van der Waals surface area contributed by atoms with E-state index in [0.717, 1.165) is 5.92 Å². The average Bonchev–Trinajstić information content (AvgIpc) is 2.39. The smallest absolute Gasteiger partial charge is 0.375 e. The Balaban J connectivity index is 0.000000796. The van der Waals surface area contributed by atoms with Gasteiger partial charge in [-0.3, -0.25) is 14.6 Å². The predicted octanol–water partition coefficient (Wildman–Crippen LogP) is 2.45. The van der Waals surface area contributed by atoms with Crippen molar-refractivity contribution in [1.82, 2.24) is 4.98 Å². The lowest BCUT2D eigenvalue weighted by atomic mass is 10.1. The summed E-state index contributed by atoms with van der Waals surface area (Å²) in [4.78, 5) is 37.4. The first-order chi connectivity index (χ1) is 9.38. The highest BCUT2D eigenvalue weighted by Gasteiger charge is 2.19. The number of pyridine rings is 1. The number of nitrogens with zero attached hydrogens (tertiary/aromatic N) is 1. The van der Waals surface area contributed by atoms with E-state index in [4.69, 9.17) is 0 Å². The first-order valence-corrected chi connectivity index (χ1v) is 6.51. The monoisotopic (exact) mass is 279 g/mol. The molecule has 0 aliphatic rings. The van der Waals surface area contributed by atoms with Crippen LogP contribution < -0.4 is 0 Å². The highest BCUT2D eigenvalue weighted by Crippen LogP contribution is 2.02. The van der Waals surface area contributed by atoms with Gasteiger partial charge in [-0.05, 0) is 25.0 Å². The fourth-order valence-electron chi connectivity index (χ4n) is 1.06. The van der Waals surface area contributed by atoms with Gasteiger partial charge in [0.25, 0.3) is 0 Å². The Bertz CT molecular complexity index is 438. The van der Waals surface area contributed by atoms with Gasteiger partial charge in [0, 0.05) is 18.0 Å². The highest BCUT2D eigenvalue weighted by atomic mass is 16.5. The summed E-state index contributed by atoms with van der Waals surface area (Å²) in [7, 11) is 0. The summed E-state index contributed by atoms with van der Waals surface area (Å²) in [6.07, 6.45) is 2.38. The normalized spacial score (nSPS) is 9.45. The fourth-order valence-corrected chi connectivity index (χ4v) is 1.06. The van der Waals surface area contributed by atoms with Crippen molar-refractivity contribution in [3.8, 4) is 0 Å². The fraction of sp³-hybridized carbons (Fsp3) is 0.467. The van der Waals surface area contributed by atoms with Crippen molar-refractivity contribution in [2.24, 2.45) is 5.92 Å². The van der Waals surface area contributed by atoms with E-state index < -0.39 is 24.0 Å². The molecule has 0 fully saturated rings. The molecule has 0 saturated carbocycles. The number of esters is 1. The Kier molecular flexibility index (Phi) is 8.83. The summed E-state index contributed by atoms with van der Waals surface area (Å²) < 4.78 is 4.48. The van der Waals surface area contributed by atoms with Gasteiger partial charge in [0.05, 0.1) is 13.0 Å². The first kappa shape index (κ1) is 18.0. The Morgan fingerprint density at radius 3 is 2.30 bits per heavy atom. The molecule has 5 heteroatoms. The largest absolute Gasteiger partial charge is 0.460 e. The zero-order valence-electron chi connectivity index (χ0n) is 12.4. The zero-order valence-corrected chi connectivity index (χ0v) is 12.4. The SMILES string of the molecule is CC(C)C.CCOC(=O)C(=O)CC(=O)c1cccnc1. The van der Waals surface area contributed by atoms with Crippen LogP contribution >= 0.6 is 0 Å². The van der Waals surface area contributed by atoms with E-state index in [2.05, 4.69) is 30.5 Å². The molecule has 0 aromatic carbocycles. The summed E-state index contributed by atoms with van der Waals surface area (Å²) in [5, 5.41) is 0. The van der Waals surface area contributed by atoms with Gasteiger partial charge in [-0.2, -0.15) is 0 Å². The molecule has 0 saturated heterocycles. The summed E-state index contributed by atoms with van der Waals surface area (Å²) in [6.45, 7) is 8.21. The maximum atomic E-state index is 11.5. The van der Waals surface area contributed by atoms with Gasteiger partial charge in [-0.25, -0.2) is 4.79 Å². The zero-order chi connectivity index (χ0) is 15.5. The van der Waals surface area contributed by atoms with Gasteiger partial charge in [0.1, 0.15) is 0 Å². The topological polar surface area (TPSA) is 73.3 Å². The minimum absolute atomic E-state index is 0.117. The number of ketones is 2. The van der Waals surface area contributed by atoms with Crippen LogP contribution in [0.25, 0.3) is 0 Å². The van der Waals surface area contributed by atoms with Crippen LogP contribution in [0, 0.1) is 5.92 Å². The van der Waals surface area contributed by atoms with Gasteiger partial charge in [0.2, 0.25) is 5.78 Å². The third kappa shape index (κ3) is 8.13. The molecule has 0 bridgehead atoms. The van der Waals surface area contributed by atoms with Gasteiger partial charge in [-0.15, -0.1) is 0 Å². The minimum Gasteiger partial charge on any atom is -0.460 e. The maximum absolute atomic E-state index is 11.5. The number of aromatic nitrogens is 1. The molecule has 5 nitrogen and oxygen atoms in total. The van der Waals surface area contributed by atoms with Crippen molar-refractivity contribution in [1.29, 1.82) is 0 Å². The minimum atomic E-state index is -0.972. The molecule has 20 heavy (non-hydrogen) atoms. The molecule has 0 amide bonds. The maximum Gasteiger partial charge on any atom is 0.375 e. The second kappa shape index (κ2) is 9.83. The van der Waals surface area contributed by atoms with Crippen LogP contribution in [0.2, 0.25) is 0 Å². The number of hydrogen-bond acceptors (Lipinski definition) is 5. The van der Waals surface area contributed by atoms with Crippen molar-refractivity contribution in [3.05, 3.63) is 30.1 Å². The van der Waals surface area contributed by atoms with Crippen LogP contribution in [-0.2, 0) is 14.3 Å². The van der Waals surface area contributed by atoms with E-state index in [-0.39, 0.29) is 6.61 Å². The van der Waals surface area contributed by atoms with Gasteiger partial charge in [0.15, 0.2) is 5.78 Å². The van der Waals surface area contributed by atoms with E-state index in [9.17, 15) is 14.4 Å². The molecule has 0 radical (unpaired) electrons. The molecule has 1 heterocycles. The summed E-state index contributed by atoms with van der Waals surface area (Å²) in [5.74, 6) is -1.42. The number of Topliss-reactive ketones (excluding diaryl/α,β-unsaturated/α-hetero) is 2. The first-order valence-electron chi connectivity index (χ1n) is 6.51. The van der Waals surface area contributed by atoms with Crippen molar-refractivity contribution < 1.29 is 19.1 Å². The molecule has 110 valence electrons. The van der Waals surface area contributed by atoms with Crippen molar-refractivity contribution in [2.45, 2.75) is 34.1 Å². The van der Waals surface area contributed by atoms with Crippen molar-refractivity contribution in [2.75, 3.05) is 6.61 Å². The second-order valence-electron chi connectivity index (χ2n) is 4.72. The van der Waals surface area contributed by atoms with Crippen LogP contribution in [-0.4, -0.2) is 29.1 Å². The quantitative estimate of drug-likeness (QED) is 0.358. The molecule has 1 rings (SSSR count). The number of rotatable bonds is 5. The molecular weight excluding hydrogens is 258 g/mol. The molecule has 0 spiro atoms. The number of carbonyl (C=O) groups is 3. The van der Waals surface area contributed by atoms with Crippen LogP contribution in [0.5, 0.6) is 0 Å². The van der Waals surface area contributed by atoms with Crippen LogP contribution in [0.3, 0.4) is 0 Å². The predicted molar refractivity (Wildman–Crippen MR) is 75.3 cm³/mol. The summed E-state index contributed by atoms with van der Waals surface area (Å²) in [6, 6.07) is 3.12. The van der Waals surface area contributed by atoms with Crippen LogP contribution in [0.4, 0.5) is 0 Å². The summed E-state index contributed by atoms with van der Waals surface area (Å²) >= 11 is 0. The molecule has 0 unspecified atom stereocenters. The Hall–Kier alpha value is -2.04. The molecule has 1 aromatic rings. The molecule has 0 atom stereocenters. The number of carbonyl (C=O) groups excluding carboxylic acids is 3.